The van der Waals surface area contributed by atoms with Crippen LogP contribution in [0.1, 0.15) is 50.7 Å². The summed E-state index contributed by atoms with van der Waals surface area (Å²) in [5.41, 5.74) is 0. The van der Waals surface area contributed by atoms with Crippen molar-refractivity contribution in [2.45, 2.75) is 64.0 Å². The predicted octanol–water partition coefficient (Wildman–Crippen LogP) is 2.11. The predicted molar refractivity (Wildman–Crippen MR) is 75.5 cm³/mol. The second-order valence-corrected chi connectivity index (χ2v) is 6.05. The van der Waals surface area contributed by atoms with E-state index in [-0.39, 0.29) is 6.10 Å². The molecule has 0 aromatic carbocycles. The van der Waals surface area contributed by atoms with Crippen molar-refractivity contribution in [1.29, 1.82) is 0 Å². The lowest BCUT2D eigenvalue weighted by Gasteiger charge is -2.15. The van der Waals surface area contributed by atoms with Crippen LogP contribution in [-0.2, 0) is 17.6 Å². The first-order valence-electron chi connectivity index (χ1n) is 8.01. The first kappa shape index (κ1) is 14.0. The summed E-state index contributed by atoms with van der Waals surface area (Å²) in [6.07, 6.45) is 8.04. The summed E-state index contributed by atoms with van der Waals surface area (Å²) in [6, 6.07) is 0.506. The molecule has 1 saturated carbocycles. The lowest BCUT2D eigenvalue weighted by Crippen LogP contribution is -2.33. The van der Waals surface area contributed by atoms with E-state index in [1.807, 2.05) is 0 Å². The number of ether oxygens (including phenoxy) is 1. The molecule has 1 saturated heterocycles. The van der Waals surface area contributed by atoms with Crippen LogP contribution < -0.4 is 5.32 Å². The van der Waals surface area contributed by atoms with Gasteiger partial charge < -0.3 is 14.6 Å². The van der Waals surface area contributed by atoms with E-state index in [9.17, 15) is 0 Å². The fraction of sp³-hybridized carbons (Fsp3) is 0.867. The van der Waals surface area contributed by atoms with Gasteiger partial charge in [0.1, 0.15) is 0 Å². The monoisotopic (exact) mass is 279 g/mol. The van der Waals surface area contributed by atoms with E-state index in [0.717, 1.165) is 62.9 Å². The third kappa shape index (κ3) is 3.79. The van der Waals surface area contributed by atoms with E-state index < -0.39 is 0 Å². The van der Waals surface area contributed by atoms with Crippen LogP contribution >= 0.6 is 0 Å². The molecule has 1 aliphatic heterocycles. The topological polar surface area (TPSA) is 60.2 Å². The highest BCUT2D eigenvalue weighted by Crippen LogP contribution is 2.34. The summed E-state index contributed by atoms with van der Waals surface area (Å²) in [6.45, 7) is 4.14. The fourth-order valence-electron chi connectivity index (χ4n) is 2.89. The van der Waals surface area contributed by atoms with Crippen molar-refractivity contribution in [2.24, 2.45) is 5.92 Å². The van der Waals surface area contributed by atoms with Crippen LogP contribution in [0.2, 0.25) is 0 Å². The Labute approximate surface area is 120 Å². The first-order valence-corrected chi connectivity index (χ1v) is 8.01. The maximum Gasteiger partial charge on any atom is 0.228 e. The van der Waals surface area contributed by atoms with E-state index in [2.05, 4.69) is 22.4 Å². The minimum Gasteiger partial charge on any atom is -0.378 e. The molecule has 112 valence electrons. The molecule has 0 amide bonds. The zero-order valence-electron chi connectivity index (χ0n) is 12.3. The Balaban J connectivity index is 1.52. The third-order valence-corrected chi connectivity index (χ3v) is 4.19. The lowest BCUT2D eigenvalue weighted by molar-refractivity contribution is 0.109. The maximum absolute atomic E-state index is 5.61. The molecular weight excluding hydrogens is 254 g/mol. The Morgan fingerprint density at radius 1 is 1.35 bits per heavy atom. The highest BCUT2D eigenvalue weighted by Gasteiger charge is 2.32. The number of rotatable bonds is 8. The minimum atomic E-state index is 0.290. The normalized spacial score (nSPS) is 24.1. The molecule has 1 aromatic heterocycles. The highest BCUT2D eigenvalue weighted by atomic mass is 16.5. The third-order valence-electron chi connectivity index (χ3n) is 4.19. The van der Waals surface area contributed by atoms with Crippen molar-refractivity contribution in [3.63, 3.8) is 0 Å². The lowest BCUT2D eigenvalue weighted by atomic mass is 10.1. The Bertz CT molecular complexity index is 411. The molecule has 1 aromatic rings. The smallest absolute Gasteiger partial charge is 0.228 e. The summed E-state index contributed by atoms with van der Waals surface area (Å²) in [7, 11) is 0. The molecule has 0 bridgehead atoms. The molecule has 1 N–H and O–H groups in total. The SMILES string of the molecule is CCCNC(Cc1nc(CC2CCCO2)no1)C1CC1. The molecule has 0 spiro atoms. The largest absolute Gasteiger partial charge is 0.378 e. The zero-order valence-corrected chi connectivity index (χ0v) is 12.3. The van der Waals surface area contributed by atoms with Gasteiger partial charge in [-0.2, -0.15) is 4.98 Å². The van der Waals surface area contributed by atoms with Gasteiger partial charge >= 0.3 is 0 Å². The number of hydrogen-bond donors (Lipinski definition) is 1. The Hall–Kier alpha value is -0.940. The van der Waals surface area contributed by atoms with Gasteiger partial charge in [0.25, 0.3) is 0 Å². The van der Waals surface area contributed by atoms with E-state index in [0.29, 0.717) is 6.04 Å². The summed E-state index contributed by atoms with van der Waals surface area (Å²) in [5.74, 6) is 2.38. The molecule has 2 aliphatic rings. The van der Waals surface area contributed by atoms with Gasteiger partial charge in [-0.25, -0.2) is 0 Å². The van der Waals surface area contributed by atoms with Crippen LogP contribution in [-0.4, -0.2) is 35.4 Å². The molecule has 2 atom stereocenters. The first-order chi connectivity index (χ1) is 9.85. The molecule has 2 heterocycles. The number of aromatic nitrogens is 2. The Morgan fingerprint density at radius 2 is 2.25 bits per heavy atom. The van der Waals surface area contributed by atoms with Gasteiger partial charge in [0.05, 0.1) is 6.10 Å². The average Bonchev–Trinajstić information content (AvgIpc) is 3.00. The highest BCUT2D eigenvalue weighted by molar-refractivity contribution is 4.96. The molecule has 5 nitrogen and oxygen atoms in total. The summed E-state index contributed by atoms with van der Waals surface area (Å²) < 4.78 is 11.0. The second-order valence-electron chi connectivity index (χ2n) is 6.05. The van der Waals surface area contributed by atoms with Gasteiger partial charge in [-0.3, -0.25) is 0 Å². The van der Waals surface area contributed by atoms with Crippen molar-refractivity contribution < 1.29 is 9.26 Å². The average molecular weight is 279 g/mol. The second kappa shape index (κ2) is 6.68. The van der Waals surface area contributed by atoms with Gasteiger partial charge in [0.15, 0.2) is 5.82 Å². The van der Waals surface area contributed by atoms with Crippen molar-refractivity contribution in [1.82, 2.24) is 15.5 Å². The van der Waals surface area contributed by atoms with Crippen LogP contribution in [0.3, 0.4) is 0 Å². The van der Waals surface area contributed by atoms with Crippen LogP contribution in [0.25, 0.3) is 0 Å². The van der Waals surface area contributed by atoms with E-state index in [4.69, 9.17) is 9.26 Å². The molecule has 2 unspecified atom stereocenters. The molecule has 3 rings (SSSR count). The van der Waals surface area contributed by atoms with E-state index in [1.54, 1.807) is 0 Å². The summed E-state index contributed by atoms with van der Waals surface area (Å²) in [4.78, 5) is 4.53. The fourth-order valence-corrected chi connectivity index (χ4v) is 2.89. The van der Waals surface area contributed by atoms with Crippen molar-refractivity contribution in [3.8, 4) is 0 Å². The Morgan fingerprint density at radius 3 is 2.95 bits per heavy atom. The van der Waals surface area contributed by atoms with Gasteiger partial charge in [0, 0.05) is 25.5 Å². The van der Waals surface area contributed by atoms with Gasteiger partial charge in [-0.05, 0) is 44.6 Å². The quantitative estimate of drug-likeness (QED) is 0.789. The van der Waals surface area contributed by atoms with Crippen LogP contribution in [0.5, 0.6) is 0 Å². The van der Waals surface area contributed by atoms with Crippen molar-refractivity contribution in [2.75, 3.05) is 13.2 Å². The number of nitrogens with zero attached hydrogens (tertiary/aromatic N) is 2. The van der Waals surface area contributed by atoms with Crippen LogP contribution in [0.15, 0.2) is 4.52 Å². The van der Waals surface area contributed by atoms with E-state index in [1.165, 1.54) is 12.8 Å². The molecule has 20 heavy (non-hydrogen) atoms. The van der Waals surface area contributed by atoms with Gasteiger partial charge in [0.2, 0.25) is 5.89 Å². The summed E-state index contributed by atoms with van der Waals surface area (Å²) >= 11 is 0. The van der Waals surface area contributed by atoms with Crippen LogP contribution in [0, 0.1) is 5.92 Å². The molecule has 1 aliphatic carbocycles. The number of hydrogen-bond acceptors (Lipinski definition) is 5. The van der Waals surface area contributed by atoms with Crippen molar-refractivity contribution >= 4 is 0 Å². The van der Waals surface area contributed by atoms with Crippen LogP contribution in [0.4, 0.5) is 0 Å². The number of nitrogens with one attached hydrogen (secondary N) is 1. The van der Waals surface area contributed by atoms with Gasteiger partial charge in [-0.15, -0.1) is 0 Å². The van der Waals surface area contributed by atoms with Gasteiger partial charge in [-0.1, -0.05) is 12.1 Å². The minimum absolute atomic E-state index is 0.290. The van der Waals surface area contributed by atoms with E-state index >= 15 is 0 Å². The van der Waals surface area contributed by atoms with Crippen molar-refractivity contribution in [3.05, 3.63) is 11.7 Å². The molecule has 2 fully saturated rings. The Kier molecular flexibility index (Phi) is 4.68. The molecular formula is C15H25N3O2. The molecule has 5 heteroatoms. The zero-order chi connectivity index (χ0) is 13.8. The standard InChI is InChI=1S/C15H25N3O2/c1-2-7-16-13(11-5-6-11)10-15-17-14(18-20-15)9-12-4-3-8-19-12/h11-13,16H,2-10H2,1H3. The molecule has 0 radical (unpaired) electrons. The summed E-state index contributed by atoms with van der Waals surface area (Å²) in [5, 5.41) is 7.71. The maximum atomic E-state index is 5.61.